The van der Waals surface area contributed by atoms with Crippen LogP contribution in [0.3, 0.4) is 0 Å². The van der Waals surface area contributed by atoms with Gasteiger partial charge in [-0.15, -0.1) is 0 Å². The molecule has 154 valence electrons. The lowest BCUT2D eigenvalue weighted by atomic mass is 9.94. The van der Waals surface area contributed by atoms with Crippen LogP contribution in [-0.2, 0) is 11.3 Å². The van der Waals surface area contributed by atoms with E-state index in [1.807, 2.05) is 18.2 Å². The summed E-state index contributed by atoms with van der Waals surface area (Å²) < 4.78 is 0. The molecule has 29 heavy (non-hydrogen) atoms. The molecule has 7 heteroatoms. The highest BCUT2D eigenvalue weighted by Crippen LogP contribution is 2.19. The summed E-state index contributed by atoms with van der Waals surface area (Å²) in [6.07, 6.45) is 6.56. The highest BCUT2D eigenvalue weighted by atomic mass is 16.6. The number of carbonyl (C=O) groups excluding carboxylic acids is 1. The molecule has 7 nitrogen and oxygen atoms in total. The third-order valence-corrected chi connectivity index (χ3v) is 5.57. The van der Waals surface area contributed by atoms with Gasteiger partial charge in [0.2, 0.25) is 5.91 Å². The molecule has 0 heterocycles. The molecule has 3 N–H and O–H groups in total. The Hall–Kier alpha value is -2.93. The van der Waals surface area contributed by atoms with Gasteiger partial charge in [0.05, 0.1) is 24.6 Å². The van der Waals surface area contributed by atoms with Crippen molar-refractivity contribution in [2.75, 3.05) is 24.2 Å². The smallest absolute Gasteiger partial charge is 0.271 e. The summed E-state index contributed by atoms with van der Waals surface area (Å²) in [4.78, 5) is 24.2. The fourth-order valence-corrected chi connectivity index (χ4v) is 3.96. The number of nitrogens with one attached hydrogen (secondary N) is 3. The van der Waals surface area contributed by atoms with Crippen LogP contribution in [-0.4, -0.2) is 30.5 Å². The number of nitro benzene ring substituents is 1. The van der Waals surface area contributed by atoms with Gasteiger partial charge in [0.25, 0.3) is 5.69 Å². The molecule has 1 unspecified atom stereocenters. The number of amides is 1. The number of nitro groups is 1. The first-order chi connectivity index (χ1) is 14.0. The number of rotatable bonds is 8. The molecule has 1 amide bonds. The van der Waals surface area contributed by atoms with Crippen molar-refractivity contribution >= 4 is 23.0 Å². The molecule has 1 fully saturated rings. The number of quaternary nitrogens is 1. The predicted octanol–water partition coefficient (Wildman–Crippen LogP) is 2.99. The number of hydrogen-bond donors (Lipinski definition) is 3. The molecule has 2 aromatic rings. The summed E-state index contributed by atoms with van der Waals surface area (Å²) in [5.41, 5.74) is 2.52. The molecule has 1 aliphatic rings. The lowest BCUT2D eigenvalue weighted by Gasteiger charge is -2.28. The van der Waals surface area contributed by atoms with Crippen molar-refractivity contribution in [2.45, 2.75) is 44.7 Å². The molecule has 0 radical (unpaired) electrons. The van der Waals surface area contributed by atoms with Gasteiger partial charge < -0.3 is 15.5 Å². The van der Waals surface area contributed by atoms with Crippen molar-refractivity contribution in [2.24, 2.45) is 0 Å². The van der Waals surface area contributed by atoms with Crippen LogP contribution < -0.4 is 15.5 Å². The second kappa shape index (κ2) is 10.0. The standard InChI is InChI=1S/C22H28N4O3/c1-25(19-10-3-2-4-11-19)16-17-8-5-6-13-21(17)23-15-22(27)24-18-9-7-12-20(14-18)26(28)29/h5-9,12-14,19,23H,2-4,10-11,15-16H2,1H3,(H,24,27)/p+1. The molecule has 0 spiro atoms. The van der Waals surface area contributed by atoms with E-state index in [-0.39, 0.29) is 18.1 Å². The SMILES string of the molecule is C[NH+](Cc1ccccc1NCC(=O)Nc1cccc([N+](=O)[O-])c1)C1CCCCC1. The van der Waals surface area contributed by atoms with E-state index < -0.39 is 4.92 Å². The lowest BCUT2D eigenvalue weighted by molar-refractivity contribution is -0.921. The van der Waals surface area contributed by atoms with Crippen LogP contribution in [0.1, 0.15) is 37.7 Å². The van der Waals surface area contributed by atoms with Crippen molar-refractivity contribution in [3.05, 3.63) is 64.2 Å². The Balaban J connectivity index is 1.57. The van der Waals surface area contributed by atoms with Crippen molar-refractivity contribution in [3.8, 4) is 0 Å². The lowest BCUT2D eigenvalue weighted by Crippen LogP contribution is -3.11. The van der Waals surface area contributed by atoms with Crippen LogP contribution in [0.2, 0.25) is 0 Å². The van der Waals surface area contributed by atoms with E-state index in [2.05, 4.69) is 23.7 Å². The highest BCUT2D eigenvalue weighted by molar-refractivity contribution is 5.94. The molecular weight excluding hydrogens is 368 g/mol. The molecule has 0 bridgehead atoms. The van der Waals surface area contributed by atoms with E-state index in [1.54, 1.807) is 12.1 Å². The Morgan fingerprint density at radius 2 is 1.90 bits per heavy atom. The average molecular weight is 397 g/mol. The van der Waals surface area contributed by atoms with Gasteiger partial charge >= 0.3 is 0 Å². The predicted molar refractivity (Wildman–Crippen MR) is 114 cm³/mol. The number of hydrogen-bond acceptors (Lipinski definition) is 4. The number of non-ortho nitro benzene ring substituents is 1. The summed E-state index contributed by atoms with van der Waals surface area (Å²) in [5, 5.41) is 16.8. The van der Waals surface area contributed by atoms with Crippen molar-refractivity contribution < 1.29 is 14.6 Å². The summed E-state index contributed by atoms with van der Waals surface area (Å²) >= 11 is 0. The number of para-hydroxylation sites is 1. The van der Waals surface area contributed by atoms with E-state index in [4.69, 9.17) is 0 Å². The van der Waals surface area contributed by atoms with Crippen LogP contribution in [0.5, 0.6) is 0 Å². The van der Waals surface area contributed by atoms with Crippen LogP contribution in [0, 0.1) is 10.1 Å². The van der Waals surface area contributed by atoms with Crippen LogP contribution in [0.4, 0.5) is 17.1 Å². The molecule has 1 atom stereocenters. The van der Waals surface area contributed by atoms with Gasteiger partial charge in [-0.3, -0.25) is 14.9 Å². The fourth-order valence-electron chi connectivity index (χ4n) is 3.96. The third-order valence-electron chi connectivity index (χ3n) is 5.57. The van der Waals surface area contributed by atoms with Gasteiger partial charge in [0.15, 0.2) is 0 Å². The summed E-state index contributed by atoms with van der Waals surface area (Å²) in [7, 11) is 2.25. The number of anilines is 2. The van der Waals surface area contributed by atoms with Crippen molar-refractivity contribution in [1.82, 2.24) is 0 Å². The minimum Gasteiger partial charge on any atom is -0.376 e. The maximum absolute atomic E-state index is 12.3. The zero-order valence-electron chi connectivity index (χ0n) is 16.8. The Bertz CT molecular complexity index is 849. The van der Waals surface area contributed by atoms with E-state index in [1.165, 1.54) is 54.7 Å². The first-order valence-electron chi connectivity index (χ1n) is 10.2. The van der Waals surface area contributed by atoms with Gasteiger partial charge in [-0.05, 0) is 37.8 Å². The van der Waals surface area contributed by atoms with E-state index in [9.17, 15) is 14.9 Å². The maximum Gasteiger partial charge on any atom is 0.271 e. The van der Waals surface area contributed by atoms with Gasteiger partial charge in [-0.2, -0.15) is 0 Å². The molecule has 0 aliphatic heterocycles. The molecule has 0 aromatic heterocycles. The second-order valence-electron chi connectivity index (χ2n) is 7.72. The van der Waals surface area contributed by atoms with Gasteiger partial charge in [-0.25, -0.2) is 0 Å². The van der Waals surface area contributed by atoms with Gasteiger partial charge in [-0.1, -0.05) is 30.7 Å². The Morgan fingerprint density at radius 1 is 1.14 bits per heavy atom. The minimum atomic E-state index is -0.477. The number of carbonyl (C=O) groups is 1. The zero-order chi connectivity index (χ0) is 20.6. The molecular formula is C22H29N4O3+. The number of nitrogens with zero attached hydrogens (tertiary/aromatic N) is 1. The third kappa shape index (κ3) is 6.02. The second-order valence-corrected chi connectivity index (χ2v) is 7.72. The molecule has 2 aromatic carbocycles. The van der Waals surface area contributed by atoms with Gasteiger partial charge in [0.1, 0.15) is 6.54 Å². The first-order valence-corrected chi connectivity index (χ1v) is 10.2. The van der Waals surface area contributed by atoms with Crippen LogP contribution in [0.15, 0.2) is 48.5 Å². The molecule has 3 rings (SSSR count). The molecule has 0 saturated heterocycles. The Kier molecular flexibility index (Phi) is 7.19. The summed E-state index contributed by atoms with van der Waals surface area (Å²) in [6.45, 7) is 1.02. The summed E-state index contributed by atoms with van der Waals surface area (Å²) in [5.74, 6) is -0.242. The van der Waals surface area contributed by atoms with Gasteiger partial charge in [0, 0.05) is 29.1 Å². The fraction of sp³-hybridized carbons (Fsp3) is 0.409. The summed E-state index contributed by atoms with van der Waals surface area (Å²) in [6, 6.07) is 14.7. The largest absolute Gasteiger partial charge is 0.376 e. The maximum atomic E-state index is 12.3. The average Bonchev–Trinajstić information content (AvgIpc) is 2.74. The molecule has 1 aliphatic carbocycles. The molecule has 1 saturated carbocycles. The number of benzene rings is 2. The Morgan fingerprint density at radius 3 is 2.66 bits per heavy atom. The monoisotopic (exact) mass is 397 g/mol. The van der Waals surface area contributed by atoms with E-state index >= 15 is 0 Å². The van der Waals surface area contributed by atoms with E-state index in [0.717, 1.165) is 12.2 Å². The normalized spacial score (nSPS) is 15.5. The quantitative estimate of drug-likeness (QED) is 0.472. The van der Waals surface area contributed by atoms with Crippen LogP contribution in [0.25, 0.3) is 0 Å². The topological polar surface area (TPSA) is 88.7 Å². The van der Waals surface area contributed by atoms with E-state index in [0.29, 0.717) is 11.7 Å². The van der Waals surface area contributed by atoms with Crippen molar-refractivity contribution in [3.63, 3.8) is 0 Å². The first kappa shape index (κ1) is 20.8. The highest BCUT2D eigenvalue weighted by Gasteiger charge is 2.22. The zero-order valence-corrected chi connectivity index (χ0v) is 16.8. The van der Waals surface area contributed by atoms with Crippen LogP contribution >= 0.6 is 0 Å². The van der Waals surface area contributed by atoms with Crippen molar-refractivity contribution in [1.29, 1.82) is 0 Å². The Labute approximate surface area is 171 Å². The minimum absolute atomic E-state index is 0.0465.